The van der Waals surface area contributed by atoms with E-state index in [2.05, 4.69) is 47.8 Å². The highest BCUT2D eigenvalue weighted by molar-refractivity contribution is 9.11. The fourth-order valence-electron chi connectivity index (χ4n) is 11.9. The molecule has 31 heteroatoms. The fraction of sp³-hybridized carbons (Fsp3) is 0.311. The summed E-state index contributed by atoms with van der Waals surface area (Å²) in [7, 11) is -11.5. The molecule has 0 saturated carbocycles. The van der Waals surface area contributed by atoms with Crippen LogP contribution in [0.3, 0.4) is 0 Å². The van der Waals surface area contributed by atoms with Crippen molar-refractivity contribution in [2.75, 3.05) is 54.0 Å². The molecule has 3 saturated heterocycles. The second-order valence-electron chi connectivity index (χ2n) is 22.1. The van der Waals surface area contributed by atoms with Gasteiger partial charge in [0.1, 0.15) is 25.4 Å². The van der Waals surface area contributed by atoms with E-state index in [1.165, 1.54) is 51.1 Å². The molecule has 7 heterocycles. The Balaban J connectivity index is 0.000000142. The highest BCUT2D eigenvalue weighted by Crippen LogP contribution is 2.40. The number of ether oxygens (including phenoxy) is 3. The third-order valence-electron chi connectivity index (χ3n) is 16.4. The number of hydrogen-bond donors (Lipinski definition) is 0. The first-order valence-corrected chi connectivity index (χ1v) is 36.0. The molecule has 6 aliphatic heterocycles. The predicted molar refractivity (Wildman–Crippen MR) is 346 cm³/mol. The molecule has 0 spiro atoms. The Morgan fingerprint density at radius 2 is 0.815 bits per heavy atom. The molecule has 6 aliphatic rings. The molecule has 6 aromatic carbocycles. The quantitative estimate of drug-likeness (QED) is 0.0967. The van der Waals surface area contributed by atoms with Crippen LogP contribution in [-0.4, -0.2) is 114 Å². The van der Waals surface area contributed by atoms with Gasteiger partial charge in [0, 0.05) is 109 Å². The highest BCUT2D eigenvalue weighted by Gasteiger charge is 2.42. The van der Waals surface area contributed by atoms with Crippen LogP contribution in [0.1, 0.15) is 60.8 Å². The van der Waals surface area contributed by atoms with Crippen LogP contribution in [0.4, 0.5) is 44.6 Å². The van der Waals surface area contributed by atoms with E-state index in [1.807, 2.05) is 54.6 Å². The molecule has 3 fully saturated rings. The summed E-state index contributed by atoms with van der Waals surface area (Å²) in [4.78, 5) is 53.4. The lowest BCUT2D eigenvalue weighted by Gasteiger charge is -2.39. The lowest BCUT2D eigenvalue weighted by Crippen LogP contribution is -2.50. The zero-order chi connectivity index (χ0) is 65.6. The third-order valence-corrected chi connectivity index (χ3v) is 24.0. The van der Waals surface area contributed by atoms with Gasteiger partial charge in [-0.15, -0.1) is 0 Å². The molecular formula is C61H54Br3Cl2F3N6O14S3. The largest absolute Gasteiger partial charge is 0.444 e. The van der Waals surface area contributed by atoms with Gasteiger partial charge >= 0.3 is 30.1 Å². The summed E-state index contributed by atoms with van der Waals surface area (Å²) in [5.41, 5.74) is 3.85. The van der Waals surface area contributed by atoms with Crippen LogP contribution >= 0.6 is 71.0 Å². The van der Waals surface area contributed by atoms with Crippen molar-refractivity contribution in [1.29, 1.82) is 0 Å². The molecule has 0 N–H and O–H groups in total. The number of carbonyl (C=O) groups excluding carboxylic acids is 3. The van der Waals surface area contributed by atoms with Gasteiger partial charge in [-0.25, -0.2) is 44.4 Å². The molecule has 20 nitrogen and oxygen atoms in total. The molecule has 0 aliphatic carbocycles. The minimum absolute atomic E-state index is 0.0704. The Kier molecular flexibility index (Phi) is 20.0. The summed E-state index contributed by atoms with van der Waals surface area (Å²) in [6, 6.07) is 31.6. The van der Waals surface area contributed by atoms with Crippen LogP contribution in [0.2, 0.25) is 10.0 Å². The van der Waals surface area contributed by atoms with Crippen LogP contribution in [0.25, 0.3) is 11.0 Å². The van der Waals surface area contributed by atoms with E-state index in [-0.39, 0.29) is 97.1 Å². The number of piperidine rings is 3. The van der Waals surface area contributed by atoms with Gasteiger partial charge in [0.15, 0.2) is 0 Å². The molecule has 1 aromatic heterocycles. The van der Waals surface area contributed by atoms with E-state index in [1.54, 1.807) is 20.8 Å². The maximum atomic E-state index is 13.2. The molecule has 0 unspecified atom stereocenters. The number of cyclic esters (lactones) is 3. The van der Waals surface area contributed by atoms with Gasteiger partial charge in [-0.3, -0.25) is 14.7 Å². The van der Waals surface area contributed by atoms with Gasteiger partial charge in [0.05, 0.1) is 37.3 Å². The third kappa shape index (κ3) is 14.4. The van der Waals surface area contributed by atoms with Crippen molar-refractivity contribution in [2.24, 2.45) is 0 Å². The van der Waals surface area contributed by atoms with Crippen LogP contribution in [0.15, 0.2) is 165 Å². The molecular weight excluding hydrogens is 1500 g/mol. The van der Waals surface area contributed by atoms with Crippen molar-refractivity contribution >= 4 is 147 Å². The normalized spacial score (nSPS) is 18.3. The monoisotopic (exact) mass is 1550 g/mol. The number of alkyl halides is 3. The minimum atomic E-state index is -4.63. The maximum absolute atomic E-state index is 13.2. The minimum Gasteiger partial charge on any atom is -0.444 e. The molecule has 486 valence electrons. The number of benzene rings is 6. The lowest BCUT2D eigenvalue weighted by molar-refractivity contribution is -0.137. The van der Waals surface area contributed by atoms with E-state index in [0.29, 0.717) is 55.6 Å². The van der Waals surface area contributed by atoms with E-state index in [9.17, 15) is 57.6 Å². The molecule has 92 heavy (non-hydrogen) atoms. The topological polar surface area (TPSA) is 231 Å². The summed E-state index contributed by atoms with van der Waals surface area (Å²) in [6.45, 7) is 1.91. The summed E-state index contributed by atoms with van der Waals surface area (Å²) in [5.74, 6) is 0. The average molecular weight is 1560 g/mol. The number of sulfonamides is 3. The van der Waals surface area contributed by atoms with Crippen LogP contribution in [-0.2, 0) is 70.3 Å². The van der Waals surface area contributed by atoms with Gasteiger partial charge < -0.3 is 18.6 Å². The summed E-state index contributed by atoms with van der Waals surface area (Å²) in [6.07, 6.45) is -3.27. The highest BCUT2D eigenvalue weighted by atomic mass is 79.9. The van der Waals surface area contributed by atoms with Crippen molar-refractivity contribution in [1.82, 2.24) is 12.9 Å². The lowest BCUT2D eigenvalue weighted by atomic mass is 10.0. The number of rotatable bonds is 9. The first kappa shape index (κ1) is 67.3. The first-order valence-electron chi connectivity index (χ1n) is 28.6. The second kappa shape index (κ2) is 27.3. The standard InChI is InChI=1S/C22H19BrN2O6S.C20H18BrF3N2O4S.C19H17BrCl2N2O4S/c23-16-2-4-19-15(11-16)13-30-22(27)25(19)17-7-9-24(10-8-17)32(28,29)18-3-5-20-14(12-18)1-6-21(26)31-20;21-15-4-5-18-13(10-15)12-30-19(27)26(18)16-6-8-25(9-7-16)31(28,29)17-3-1-2-14(11-17)20(22,23)24;20-13-1-2-18-12(7-13)11-28-19(25)24(18)16-3-5-23(6-4-16)29(26,27)17-9-14(21)8-15(22)10-17/h1-6,11-12,17H,7-10,13H2;1-5,10-11,16H,6-9,12H2;1-2,7-10,16H,3-6,11H2. The molecule has 0 bridgehead atoms. The SMILES string of the molecule is O=C1OCc2cc(Br)ccc2N1C1CCN(S(=O)(=O)c2cc(Cl)cc(Cl)c2)CC1.O=C1OCc2cc(Br)ccc2N1C1CCN(S(=O)(=O)c2ccc3oc(=O)ccc3c2)CC1.O=C1OCc2cc(Br)ccc2N1C1CCN(S(=O)(=O)c2cccc(C(F)(F)F)c2)CC1. The number of nitrogens with zero attached hydrogens (tertiary/aromatic N) is 6. The number of carbonyl (C=O) groups is 3. The molecule has 0 radical (unpaired) electrons. The van der Waals surface area contributed by atoms with Gasteiger partial charge in [-0.05, 0) is 154 Å². The Bertz CT molecular complexity index is 4440. The van der Waals surface area contributed by atoms with Crippen molar-refractivity contribution in [3.05, 3.63) is 184 Å². The number of fused-ring (bicyclic) bond motifs is 4. The molecule has 7 aromatic rings. The summed E-state index contributed by atoms with van der Waals surface area (Å²) >= 11 is 22.2. The second-order valence-corrected chi connectivity index (χ2v) is 31.5. The van der Waals surface area contributed by atoms with Crippen LogP contribution in [0.5, 0.6) is 0 Å². The van der Waals surface area contributed by atoms with E-state index in [4.69, 9.17) is 41.8 Å². The van der Waals surface area contributed by atoms with Gasteiger partial charge in [-0.1, -0.05) is 77.1 Å². The van der Waals surface area contributed by atoms with Gasteiger partial charge in [-0.2, -0.15) is 26.1 Å². The zero-order valence-electron chi connectivity index (χ0n) is 48.1. The Hall–Kier alpha value is -6.12. The van der Waals surface area contributed by atoms with Gasteiger partial charge in [0.25, 0.3) is 0 Å². The summed E-state index contributed by atoms with van der Waals surface area (Å²) < 4.78 is 145. The van der Waals surface area contributed by atoms with Crippen molar-refractivity contribution < 1.29 is 71.4 Å². The molecule has 0 atom stereocenters. The van der Waals surface area contributed by atoms with Crippen molar-refractivity contribution in [2.45, 2.75) is 97.3 Å². The van der Waals surface area contributed by atoms with Crippen molar-refractivity contribution in [3.63, 3.8) is 0 Å². The molecule has 13 rings (SSSR count). The molecule has 3 amide bonds. The zero-order valence-corrected chi connectivity index (χ0v) is 56.8. The number of amides is 3. The Labute approximate surface area is 562 Å². The number of hydrogen-bond acceptors (Lipinski definition) is 14. The van der Waals surface area contributed by atoms with Crippen LogP contribution < -0.4 is 20.3 Å². The Morgan fingerprint density at radius 1 is 0.435 bits per heavy atom. The maximum Gasteiger partial charge on any atom is 0.416 e. The number of anilines is 3. The van der Waals surface area contributed by atoms with Gasteiger partial charge in [0.2, 0.25) is 30.1 Å². The van der Waals surface area contributed by atoms with E-state index >= 15 is 0 Å². The Morgan fingerprint density at radius 3 is 1.21 bits per heavy atom. The summed E-state index contributed by atoms with van der Waals surface area (Å²) in [5, 5.41) is 1.08. The van der Waals surface area contributed by atoms with E-state index < -0.39 is 70.6 Å². The van der Waals surface area contributed by atoms with Crippen LogP contribution in [0, 0.1) is 0 Å². The van der Waals surface area contributed by atoms with E-state index in [0.717, 1.165) is 69.7 Å². The number of halogens is 8. The smallest absolute Gasteiger partial charge is 0.416 e. The average Bonchev–Trinajstić information content (AvgIpc) is 0.815. The predicted octanol–water partition coefficient (Wildman–Crippen LogP) is 13.7. The van der Waals surface area contributed by atoms with Crippen molar-refractivity contribution in [3.8, 4) is 0 Å². The fourth-order valence-corrected chi connectivity index (χ4v) is 18.3. The first-order chi connectivity index (χ1) is 43.6.